The molecule has 1 aromatic heterocycles. The average molecular weight is 299 g/mol. The highest BCUT2D eigenvalue weighted by Gasteiger charge is 2.17. The summed E-state index contributed by atoms with van der Waals surface area (Å²) in [6, 6.07) is 14.8. The van der Waals surface area contributed by atoms with E-state index in [0.29, 0.717) is 0 Å². The van der Waals surface area contributed by atoms with Gasteiger partial charge in [0.25, 0.3) is 0 Å². The summed E-state index contributed by atoms with van der Waals surface area (Å²) in [7, 11) is 0. The highest BCUT2D eigenvalue weighted by molar-refractivity contribution is 6.20. The molecule has 3 heteroatoms. The minimum atomic E-state index is -0.137. The molecule has 0 spiro atoms. The van der Waals surface area contributed by atoms with Crippen LogP contribution in [-0.2, 0) is 6.42 Å². The van der Waals surface area contributed by atoms with Gasteiger partial charge in [0.15, 0.2) is 0 Å². The van der Waals surface area contributed by atoms with Gasteiger partial charge in [-0.2, -0.15) is 0 Å². The molecular weight excluding hydrogens is 280 g/mol. The molecule has 21 heavy (non-hydrogen) atoms. The zero-order chi connectivity index (χ0) is 15.0. The minimum absolute atomic E-state index is 0.137. The molecule has 1 heterocycles. The zero-order valence-electron chi connectivity index (χ0n) is 12.6. The molecule has 1 atom stereocenters. The Kier molecular flexibility index (Phi) is 3.73. The Balaban J connectivity index is 2.35. The van der Waals surface area contributed by atoms with E-state index in [1.54, 1.807) is 0 Å². The van der Waals surface area contributed by atoms with Crippen LogP contribution in [0.1, 0.15) is 36.2 Å². The Bertz CT molecular complexity index is 787. The van der Waals surface area contributed by atoms with Crippen LogP contribution in [-0.4, -0.2) is 9.55 Å². The number of aromatic nitrogens is 2. The van der Waals surface area contributed by atoms with Gasteiger partial charge in [-0.1, -0.05) is 31.2 Å². The molecule has 1 unspecified atom stereocenters. The molecule has 0 N–H and O–H groups in total. The van der Waals surface area contributed by atoms with E-state index >= 15 is 0 Å². The van der Waals surface area contributed by atoms with Gasteiger partial charge in [-0.25, -0.2) is 4.98 Å². The van der Waals surface area contributed by atoms with Crippen molar-refractivity contribution in [3.05, 3.63) is 59.4 Å². The summed E-state index contributed by atoms with van der Waals surface area (Å²) in [4.78, 5) is 4.74. The Labute approximate surface area is 130 Å². The Morgan fingerprint density at radius 3 is 2.67 bits per heavy atom. The molecule has 0 fully saturated rings. The van der Waals surface area contributed by atoms with Crippen molar-refractivity contribution in [2.45, 2.75) is 32.6 Å². The monoisotopic (exact) mass is 298 g/mol. The fraction of sp³-hybridized carbons (Fsp3) is 0.278. The lowest BCUT2D eigenvalue weighted by molar-refractivity contribution is 0.879. The second-order valence-electron chi connectivity index (χ2n) is 5.39. The minimum Gasteiger partial charge on any atom is -0.295 e. The first-order chi connectivity index (χ1) is 10.1. The molecule has 0 aliphatic heterocycles. The van der Waals surface area contributed by atoms with Crippen molar-refractivity contribution in [1.82, 2.24) is 9.55 Å². The molecular formula is C18H19ClN2. The van der Waals surface area contributed by atoms with E-state index in [9.17, 15) is 0 Å². The van der Waals surface area contributed by atoms with E-state index in [1.807, 2.05) is 19.1 Å². The van der Waals surface area contributed by atoms with Gasteiger partial charge in [0, 0.05) is 5.69 Å². The normalized spacial score (nSPS) is 12.8. The molecule has 0 radical (unpaired) electrons. The molecule has 0 saturated heterocycles. The summed E-state index contributed by atoms with van der Waals surface area (Å²) in [5.74, 6) is 0.897. The number of hydrogen-bond donors (Lipinski definition) is 0. The third-order valence-electron chi connectivity index (χ3n) is 3.84. The fourth-order valence-corrected chi connectivity index (χ4v) is 2.90. The summed E-state index contributed by atoms with van der Waals surface area (Å²) < 4.78 is 2.20. The molecule has 0 bridgehead atoms. The second-order valence-corrected chi connectivity index (χ2v) is 6.04. The van der Waals surface area contributed by atoms with E-state index in [1.165, 1.54) is 11.1 Å². The number of para-hydroxylation sites is 1. The summed E-state index contributed by atoms with van der Waals surface area (Å²) in [6.07, 6.45) is 1.02. The number of aryl methyl sites for hydroxylation is 2. The second kappa shape index (κ2) is 5.53. The summed E-state index contributed by atoms with van der Waals surface area (Å²) in [5, 5.41) is -0.137. The lowest BCUT2D eigenvalue weighted by Gasteiger charge is -2.13. The van der Waals surface area contributed by atoms with Crippen LogP contribution in [0.15, 0.2) is 42.5 Å². The van der Waals surface area contributed by atoms with Crippen LogP contribution in [0.5, 0.6) is 0 Å². The molecule has 2 nitrogen and oxygen atoms in total. The van der Waals surface area contributed by atoms with E-state index in [4.69, 9.17) is 16.6 Å². The Morgan fingerprint density at radius 1 is 1.19 bits per heavy atom. The maximum Gasteiger partial charge on any atom is 0.132 e. The molecule has 0 aliphatic carbocycles. The van der Waals surface area contributed by atoms with Crippen molar-refractivity contribution in [3.8, 4) is 5.69 Å². The van der Waals surface area contributed by atoms with Gasteiger partial charge in [-0.3, -0.25) is 4.57 Å². The molecule has 2 aromatic carbocycles. The van der Waals surface area contributed by atoms with Gasteiger partial charge in [0.1, 0.15) is 5.82 Å². The van der Waals surface area contributed by atoms with Gasteiger partial charge in [0.2, 0.25) is 0 Å². The Hall–Kier alpha value is -1.80. The topological polar surface area (TPSA) is 17.8 Å². The van der Waals surface area contributed by atoms with Gasteiger partial charge in [-0.05, 0) is 49.6 Å². The molecule has 0 amide bonds. The Morgan fingerprint density at radius 2 is 1.95 bits per heavy atom. The molecule has 3 rings (SSSR count). The van der Waals surface area contributed by atoms with Crippen molar-refractivity contribution in [2.24, 2.45) is 0 Å². The smallest absolute Gasteiger partial charge is 0.132 e. The predicted molar refractivity (Wildman–Crippen MR) is 89.5 cm³/mol. The first-order valence-electron chi connectivity index (χ1n) is 7.33. The van der Waals surface area contributed by atoms with Crippen LogP contribution in [0, 0.1) is 6.92 Å². The van der Waals surface area contributed by atoms with Crippen LogP contribution in [0.25, 0.3) is 16.7 Å². The van der Waals surface area contributed by atoms with Crippen LogP contribution in [0.3, 0.4) is 0 Å². The largest absolute Gasteiger partial charge is 0.295 e. The van der Waals surface area contributed by atoms with E-state index in [2.05, 4.69) is 48.7 Å². The van der Waals surface area contributed by atoms with Crippen molar-refractivity contribution >= 4 is 22.6 Å². The predicted octanol–water partition coefficient (Wildman–Crippen LogP) is 5.20. The average Bonchev–Trinajstić information content (AvgIpc) is 2.88. The number of halogens is 1. The quantitative estimate of drug-likeness (QED) is 0.608. The number of nitrogens with zero attached hydrogens (tertiary/aromatic N) is 2. The van der Waals surface area contributed by atoms with Crippen LogP contribution in [0.2, 0.25) is 0 Å². The third kappa shape index (κ3) is 2.44. The van der Waals surface area contributed by atoms with Crippen molar-refractivity contribution in [2.75, 3.05) is 0 Å². The molecule has 108 valence electrons. The number of fused-ring (bicyclic) bond motifs is 1. The van der Waals surface area contributed by atoms with Gasteiger partial charge in [0.05, 0.1) is 16.4 Å². The number of hydrogen-bond acceptors (Lipinski definition) is 1. The van der Waals surface area contributed by atoms with Crippen molar-refractivity contribution in [1.29, 1.82) is 0 Å². The highest BCUT2D eigenvalue weighted by Crippen LogP contribution is 2.30. The zero-order valence-corrected chi connectivity index (χ0v) is 13.4. The standard InChI is InChI=1S/C18H19ClN2/c1-4-14-8-6-9-15(11-14)21-17-12(2)7-5-10-16(17)20-18(21)13(3)19/h5-11,13H,4H2,1-3H3. The first-order valence-corrected chi connectivity index (χ1v) is 7.76. The lowest BCUT2D eigenvalue weighted by Crippen LogP contribution is -2.03. The van der Waals surface area contributed by atoms with Gasteiger partial charge < -0.3 is 0 Å². The van der Waals surface area contributed by atoms with E-state index in [-0.39, 0.29) is 5.38 Å². The summed E-state index contributed by atoms with van der Waals surface area (Å²) in [5.41, 5.74) is 5.81. The van der Waals surface area contributed by atoms with Gasteiger partial charge >= 0.3 is 0 Å². The van der Waals surface area contributed by atoms with Crippen molar-refractivity contribution < 1.29 is 0 Å². The van der Waals surface area contributed by atoms with Gasteiger partial charge in [-0.15, -0.1) is 11.6 Å². The maximum absolute atomic E-state index is 6.37. The molecule has 0 aliphatic rings. The summed E-state index contributed by atoms with van der Waals surface area (Å²) in [6.45, 7) is 6.26. The van der Waals surface area contributed by atoms with E-state index in [0.717, 1.165) is 29.0 Å². The van der Waals surface area contributed by atoms with Crippen LogP contribution < -0.4 is 0 Å². The number of alkyl halides is 1. The summed E-state index contributed by atoms with van der Waals surface area (Å²) >= 11 is 6.37. The third-order valence-corrected chi connectivity index (χ3v) is 4.03. The fourth-order valence-electron chi connectivity index (χ4n) is 2.76. The first kappa shape index (κ1) is 14.2. The van der Waals surface area contributed by atoms with E-state index < -0.39 is 0 Å². The number of rotatable bonds is 3. The molecule has 3 aromatic rings. The maximum atomic E-state index is 6.37. The number of imidazole rings is 1. The van der Waals surface area contributed by atoms with Crippen LogP contribution >= 0.6 is 11.6 Å². The lowest BCUT2D eigenvalue weighted by atomic mass is 10.1. The number of benzene rings is 2. The SMILES string of the molecule is CCc1cccc(-n2c(C(C)Cl)nc3cccc(C)c32)c1. The van der Waals surface area contributed by atoms with Crippen molar-refractivity contribution in [3.63, 3.8) is 0 Å². The van der Waals surface area contributed by atoms with Crippen LogP contribution in [0.4, 0.5) is 0 Å². The molecule has 0 saturated carbocycles. The highest BCUT2D eigenvalue weighted by atomic mass is 35.5.